The minimum absolute atomic E-state index is 0.416. The van der Waals surface area contributed by atoms with Gasteiger partial charge in [0.15, 0.2) is 0 Å². The zero-order chi connectivity index (χ0) is 8.69. The Kier molecular flexibility index (Phi) is 4.82. The van der Waals surface area contributed by atoms with E-state index in [9.17, 15) is 0 Å². The predicted octanol–water partition coefficient (Wildman–Crippen LogP) is 2.01. The first-order chi connectivity index (χ1) is 5.20. The van der Waals surface area contributed by atoms with Crippen LogP contribution in [0.1, 0.15) is 13.3 Å². The first-order valence-corrected chi connectivity index (χ1v) is 3.43. The maximum atomic E-state index is 5.39. The van der Waals surface area contributed by atoms with Gasteiger partial charge in [-0.05, 0) is 31.7 Å². The molecule has 0 spiro atoms. The minimum atomic E-state index is 0.416. The van der Waals surface area contributed by atoms with Crippen LogP contribution in [-0.2, 0) is 0 Å². The summed E-state index contributed by atoms with van der Waals surface area (Å²) in [5, 5.41) is 0. The number of hydrogen-bond acceptors (Lipinski definition) is 2. The fraction of sp³-hybridized carbons (Fsp3) is 0.222. The number of allylic oxidation sites excluding steroid dienone is 4. The van der Waals surface area contributed by atoms with Crippen molar-refractivity contribution in [2.24, 2.45) is 10.7 Å². The Labute approximate surface area is 67.8 Å². The van der Waals surface area contributed by atoms with Crippen LogP contribution < -0.4 is 5.73 Å². The third-order valence-corrected chi connectivity index (χ3v) is 1.15. The lowest BCUT2D eigenvalue weighted by Crippen LogP contribution is -1.92. The highest BCUT2D eigenvalue weighted by Gasteiger charge is 1.86. The zero-order valence-corrected chi connectivity index (χ0v) is 6.88. The van der Waals surface area contributed by atoms with Crippen LogP contribution in [0.2, 0.25) is 0 Å². The summed E-state index contributed by atoms with van der Waals surface area (Å²) in [7, 11) is 0. The van der Waals surface area contributed by atoms with Crippen molar-refractivity contribution in [1.82, 2.24) is 0 Å². The molecule has 0 saturated heterocycles. The monoisotopic (exact) mass is 150 g/mol. The lowest BCUT2D eigenvalue weighted by atomic mass is 10.2. The van der Waals surface area contributed by atoms with Crippen molar-refractivity contribution in [2.75, 3.05) is 0 Å². The third-order valence-electron chi connectivity index (χ3n) is 1.15. The SMILES string of the molecule is C=N/C(N)=C/C(=C)C/C=C\C. The molecule has 11 heavy (non-hydrogen) atoms. The molecule has 0 unspecified atom stereocenters. The van der Waals surface area contributed by atoms with Crippen molar-refractivity contribution in [1.29, 1.82) is 0 Å². The predicted molar refractivity (Wildman–Crippen MR) is 50.4 cm³/mol. The summed E-state index contributed by atoms with van der Waals surface area (Å²) < 4.78 is 0. The van der Waals surface area contributed by atoms with Crippen LogP contribution in [0.4, 0.5) is 0 Å². The maximum absolute atomic E-state index is 5.39. The second-order valence-corrected chi connectivity index (χ2v) is 2.16. The fourth-order valence-electron chi connectivity index (χ4n) is 0.583. The highest BCUT2D eigenvalue weighted by molar-refractivity contribution is 5.31. The van der Waals surface area contributed by atoms with E-state index in [1.165, 1.54) is 0 Å². The Morgan fingerprint density at radius 1 is 1.64 bits per heavy atom. The van der Waals surface area contributed by atoms with E-state index in [-0.39, 0.29) is 0 Å². The molecule has 0 heterocycles. The molecule has 2 N–H and O–H groups in total. The molecule has 2 heteroatoms. The van der Waals surface area contributed by atoms with E-state index in [1.54, 1.807) is 6.08 Å². The number of nitrogens with zero attached hydrogens (tertiary/aromatic N) is 1. The summed E-state index contributed by atoms with van der Waals surface area (Å²) in [5.74, 6) is 0.416. The van der Waals surface area contributed by atoms with E-state index in [0.29, 0.717) is 5.82 Å². The van der Waals surface area contributed by atoms with E-state index in [4.69, 9.17) is 5.73 Å². The largest absolute Gasteiger partial charge is 0.384 e. The molecule has 0 aromatic carbocycles. The molecule has 0 fully saturated rings. The summed E-state index contributed by atoms with van der Waals surface area (Å²) in [6, 6.07) is 0. The number of nitrogens with two attached hydrogens (primary N) is 1. The Balaban J connectivity index is 3.96. The maximum Gasteiger partial charge on any atom is 0.122 e. The molecule has 0 aromatic rings. The normalized spacial score (nSPS) is 11.9. The molecule has 0 saturated carbocycles. The van der Waals surface area contributed by atoms with Crippen LogP contribution >= 0.6 is 0 Å². The average molecular weight is 150 g/mol. The van der Waals surface area contributed by atoms with Crippen LogP contribution in [0.5, 0.6) is 0 Å². The van der Waals surface area contributed by atoms with Crippen molar-refractivity contribution >= 4 is 6.72 Å². The molecule has 0 aliphatic carbocycles. The first-order valence-electron chi connectivity index (χ1n) is 3.43. The zero-order valence-electron chi connectivity index (χ0n) is 6.88. The van der Waals surface area contributed by atoms with Gasteiger partial charge in [-0.15, -0.1) is 0 Å². The lowest BCUT2D eigenvalue weighted by molar-refractivity contribution is 1.20. The Hall–Kier alpha value is -1.31. The molecular formula is C9H14N2. The van der Waals surface area contributed by atoms with Gasteiger partial charge in [-0.1, -0.05) is 18.7 Å². The van der Waals surface area contributed by atoms with Crippen LogP contribution in [0, 0.1) is 0 Å². The van der Waals surface area contributed by atoms with Crippen LogP contribution in [0.15, 0.2) is 41.2 Å². The molecule has 0 aliphatic heterocycles. The van der Waals surface area contributed by atoms with E-state index >= 15 is 0 Å². The number of aliphatic imine (C=N–C) groups is 1. The molecule has 0 aliphatic rings. The van der Waals surface area contributed by atoms with Gasteiger partial charge in [0.05, 0.1) is 0 Å². The van der Waals surface area contributed by atoms with Gasteiger partial charge < -0.3 is 5.73 Å². The minimum Gasteiger partial charge on any atom is -0.384 e. The van der Waals surface area contributed by atoms with Crippen LogP contribution in [0.3, 0.4) is 0 Å². The smallest absolute Gasteiger partial charge is 0.122 e. The Morgan fingerprint density at radius 3 is 2.73 bits per heavy atom. The van der Waals surface area contributed by atoms with E-state index < -0.39 is 0 Å². The highest BCUT2D eigenvalue weighted by atomic mass is 14.9. The van der Waals surface area contributed by atoms with Crippen molar-refractivity contribution in [3.8, 4) is 0 Å². The quantitative estimate of drug-likeness (QED) is 0.371. The Bertz CT molecular complexity index is 200. The van der Waals surface area contributed by atoms with Gasteiger partial charge in [-0.3, -0.25) is 0 Å². The number of rotatable bonds is 4. The van der Waals surface area contributed by atoms with Gasteiger partial charge >= 0.3 is 0 Å². The molecule has 0 amide bonds. The molecule has 0 radical (unpaired) electrons. The molecule has 0 rings (SSSR count). The second-order valence-electron chi connectivity index (χ2n) is 2.16. The van der Waals surface area contributed by atoms with E-state index in [2.05, 4.69) is 18.3 Å². The standard InChI is InChI=1S/C9H14N2/c1-4-5-6-8(2)7-9(10)11-3/h4-5,7H,2-3,6,10H2,1H3/b5-4-,9-7+. The summed E-state index contributed by atoms with van der Waals surface area (Å²) in [5.41, 5.74) is 6.33. The van der Waals surface area contributed by atoms with Crippen molar-refractivity contribution in [3.05, 3.63) is 36.2 Å². The van der Waals surface area contributed by atoms with Gasteiger partial charge in [0.1, 0.15) is 5.82 Å². The number of hydrogen-bond donors (Lipinski definition) is 1. The Morgan fingerprint density at radius 2 is 2.27 bits per heavy atom. The van der Waals surface area contributed by atoms with Crippen molar-refractivity contribution in [2.45, 2.75) is 13.3 Å². The second kappa shape index (κ2) is 5.47. The van der Waals surface area contributed by atoms with Crippen LogP contribution in [-0.4, -0.2) is 6.72 Å². The van der Waals surface area contributed by atoms with Gasteiger partial charge in [0, 0.05) is 0 Å². The summed E-state index contributed by atoms with van der Waals surface area (Å²) in [4.78, 5) is 3.54. The van der Waals surface area contributed by atoms with Crippen molar-refractivity contribution < 1.29 is 0 Å². The first kappa shape index (κ1) is 9.69. The van der Waals surface area contributed by atoms with E-state index in [0.717, 1.165) is 12.0 Å². The topological polar surface area (TPSA) is 38.4 Å². The van der Waals surface area contributed by atoms with Crippen molar-refractivity contribution in [3.63, 3.8) is 0 Å². The highest BCUT2D eigenvalue weighted by Crippen LogP contribution is 2.02. The lowest BCUT2D eigenvalue weighted by Gasteiger charge is -1.94. The van der Waals surface area contributed by atoms with Gasteiger partial charge in [-0.25, -0.2) is 4.99 Å². The summed E-state index contributed by atoms with van der Waals surface area (Å²) in [6.07, 6.45) is 6.51. The average Bonchev–Trinajstić information content (AvgIpc) is 2.00. The van der Waals surface area contributed by atoms with E-state index in [1.807, 2.05) is 19.1 Å². The van der Waals surface area contributed by atoms with Gasteiger partial charge in [0.2, 0.25) is 0 Å². The summed E-state index contributed by atoms with van der Waals surface area (Å²) >= 11 is 0. The van der Waals surface area contributed by atoms with Crippen LogP contribution in [0.25, 0.3) is 0 Å². The van der Waals surface area contributed by atoms with Gasteiger partial charge in [-0.2, -0.15) is 0 Å². The van der Waals surface area contributed by atoms with Gasteiger partial charge in [0.25, 0.3) is 0 Å². The molecule has 60 valence electrons. The molecule has 0 atom stereocenters. The third kappa shape index (κ3) is 5.15. The summed E-state index contributed by atoms with van der Waals surface area (Å²) in [6.45, 7) is 9.04. The fourth-order valence-corrected chi connectivity index (χ4v) is 0.583. The molecule has 0 aromatic heterocycles. The molecular weight excluding hydrogens is 136 g/mol. The molecule has 2 nitrogen and oxygen atoms in total. The molecule has 0 bridgehead atoms.